The third-order valence-electron chi connectivity index (χ3n) is 3.44. The molecule has 2 N–H and O–H groups in total. The van der Waals surface area contributed by atoms with E-state index in [9.17, 15) is 18.8 Å². The van der Waals surface area contributed by atoms with Gasteiger partial charge in [0, 0.05) is 18.5 Å². The molecule has 0 heterocycles. The first-order valence-corrected chi connectivity index (χ1v) is 8.03. The molecule has 0 atom stereocenters. The molecule has 0 aliphatic heterocycles. The van der Waals surface area contributed by atoms with Crippen LogP contribution in [0.2, 0.25) is 0 Å². The van der Waals surface area contributed by atoms with Gasteiger partial charge in [-0.2, -0.15) is 5.10 Å². The Morgan fingerprint density at radius 2 is 1.63 bits per heavy atom. The van der Waals surface area contributed by atoms with Gasteiger partial charge in [0.1, 0.15) is 5.82 Å². The van der Waals surface area contributed by atoms with Crippen LogP contribution in [0.4, 0.5) is 10.1 Å². The Kier molecular flexibility index (Phi) is 7.18. The van der Waals surface area contributed by atoms with Gasteiger partial charge in [-0.05, 0) is 42.0 Å². The first-order chi connectivity index (χ1) is 13.0. The summed E-state index contributed by atoms with van der Waals surface area (Å²) in [5, 5.41) is 6.36. The highest BCUT2D eigenvalue weighted by atomic mass is 19.1. The van der Waals surface area contributed by atoms with E-state index in [1.54, 1.807) is 24.3 Å². The predicted molar refractivity (Wildman–Crippen MR) is 97.8 cm³/mol. The molecule has 0 spiro atoms. The fourth-order valence-electron chi connectivity index (χ4n) is 2.04. The summed E-state index contributed by atoms with van der Waals surface area (Å²) >= 11 is 0. The summed E-state index contributed by atoms with van der Waals surface area (Å²) in [4.78, 5) is 34.8. The average molecular weight is 371 g/mol. The number of anilines is 1. The van der Waals surface area contributed by atoms with Crippen molar-refractivity contribution in [1.29, 1.82) is 0 Å². The number of ether oxygens (including phenoxy) is 1. The summed E-state index contributed by atoms with van der Waals surface area (Å²) in [6, 6.07) is 11.8. The second kappa shape index (κ2) is 9.81. The second-order valence-electron chi connectivity index (χ2n) is 5.46. The Bertz CT molecular complexity index is 833. The molecule has 2 rings (SSSR count). The van der Waals surface area contributed by atoms with Crippen LogP contribution in [0.15, 0.2) is 53.6 Å². The Morgan fingerprint density at radius 1 is 1.00 bits per heavy atom. The third-order valence-corrected chi connectivity index (χ3v) is 3.44. The Hall–Kier alpha value is -3.55. The van der Waals surface area contributed by atoms with Crippen molar-refractivity contribution in [2.45, 2.75) is 12.8 Å². The average Bonchev–Trinajstić information content (AvgIpc) is 2.68. The molecular weight excluding hydrogens is 353 g/mol. The van der Waals surface area contributed by atoms with Crippen molar-refractivity contribution < 1.29 is 23.5 Å². The normalized spacial score (nSPS) is 10.4. The highest BCUT2D eigenvalue weighted by molar-refractivity contribution is 5.93. The van der Waals surface area contributed by atoms with Crippen LogP contribution in [0.1, 0.15) is 28.8 Å². The zero-order valence-corrected chi connectivity index (χ0v) is 14.6. The van der Waals surface area contributed by atoms with Gasteiger partial charge in [-0.3, -0.25) is 9.59 Å². The topological polar surface area (TPSA) is 96.9 Å². The number of hydrogen-bond acceptors (Lipinski definition) is 5. The van der Waals surface area contributed by atoms with Crippen LogP contribution in [0.5, 0.6) is 0 Å². The van der Waals surface area contributed by atoms with Gasteiger partial charge in [0.2, 0.25) is 11.8 Å². The number of carbonyl (C=O) groups excluding carboxylic acids is 3. The minimum atomic E-state index is -0.439. The van der Waals surface area contributed by atoms with E-state index in [2.05, 4.69) is 20.6 Å². The van der Waals surface area contributed by atoms with Crippen LogP contribution in [0.25, 0.3) is 0 Å². The minimum absolute atomic E-state index is 0.0352. The van der Waals surface area contributed by atoms with E-state index < -0.39 is 17.7 Å². The van der Waals surface area contributed by atoms with E-state index in [0.717, 1.165) is 0 Å². The zero-order chi connectivity index (χ0) is 19.6. The molecule has 2 amide bonds. The van der Waals surface area contributed by atoms with Crippen LogP contribution in [0, 0.1) is 5.82 Å². The van der Waals surface area contributed by atoms with Crippen molar-refractivity contribution in [3.05, 3.63) is 65.5 Å². The largest absolute Gasteiger partial charge is 0.465 e. The quantitative estimate of drug-likeness (QED) is 0.444. The van der Waals surface area contributed by atoms with Crippen LogP contribution >= 0.6 is 0 Å². The van der Waals surface area contributed by atoms with E-state index in [1.807, 2.05) is 0 Å². The molecule has 0 aliphatic rings. The minimum Gasteiger partial charge on any atom is -0.465 e. The number of carbonyl (C=O) groups is 3. The first-order valence-electron chi connectivity index (χ1n) is 8.03. The molecule has 8 heteroatoms. The molecule has 0 unspecified atom stereocenters. The number of rotatable bonds is 7. The molecule has 2 aromatic rings. The zero-order valence-electron chi connectivity index (χ0n) is 14.6. The highest BCUT2D eigenvalue weighted by Gasteiger charge is 2.07. The molecule has 27 heavy (non-hydrogen) atoms. The van der Waals surface area contributed by atoms with E-state index in [0.29, 0.717) is 16.8 Å². The Labute approximate surface area is 155 Å². The molecule has 0 fully saturated rings. The number of hydrazone groups is 1. The van der Waals surface area contributed by atoms with E-state index in [1.165, 1.54) is 37.6 Å². The maximum absolute atomic E-state index is 12.8. The number of nitrogens with one attached hydrogen (secondary N) is 2. The van der Waals surface area contributed by atoms with E-state index >= 15 is 0 Å². The summed E-state index contributed by atoms with van der Waals surface area (Å²) in [5.74, 6) is -1.62. The number of amides is 2. The van der Waals surface area contributed by atoms with Gasteiger partial charge < -0.3 is 10.1 Å². The van der Waals surface area contributed by atoms with Gasteiger partial charge in [-0.1, -0.05) is 12.1 Å². The number of nitrogens with zero attached hydrogens (tertiary/aromatic N) is 1. The number of esters is 1. The van der Waals surface area contributed by atoms with Crippen molar-refractivity contribution in [3.63, 3.8) is 0 Å². The lowest BCUT2D eigenvalue weighted by Crippen LogP contribution is -2.20. The molecular formula is C19H18FN3O4. The Balaban J connectivity index is 1.73. The first kappa shape index (κ1) is 19.8. The van der Waals surface area contributed by atoms with Crippen molar-refractivity contribution >= 4 is 29.7 Å². The van der Waals surface area contributed by atoms with Crippen molar-refractivity contribution in [1.82, 2.24) is 5.43 Å². The number of hydrogen-bond donors (Lipinski definition) is 2. The Morgan fingerprint density at radius 3 is 2.26 bits per heavy atom. The molecule has 0 bridgehead atoms. The van der Waals surface area contributed by atoms with E-state index in [4.69, 9.17) is 0 Å². The van der Waals surface area contributed by atoms with Crippen LogP contribution in [0.3, 0.4) is 0 Å². The fraction of sp³-hybridized carbons (Fsp3) is 0.158. The van der Waals surface area contributed by atoms with Gasteiger partial charge >= 0.3 is 5.97 Å². The molecule has 0 aliphatic carbocycles. The molecule has 0 radical (unpaired) electrons. The maximum atomic E-state index is 12.8. The molecule has 2 aromatic carbocycles. The number of halogens is 1. The van der Waals surface area contributed by atoms with Crippen LogP contribution in [-0.4, -0.2) is 31.1 Å². The second-order valence-corrected chi connectivity index (χ2v) is 5.46. The van der Waals surface area contributed by atoms with Gasteiger partial charge in [0.15, 0.2) is 0 Å². The summed E-state index contributed by atoms with van der Waals surface area (Å²) in [6.07, 6.45) is 1.33. The predicted octanol–water partition coefficient (Wildman–Crippen LogP) is 2.48. The standard InChI is InChI=1S/C19H18FN3O4/c1-27-19(26)14-4-2-13(3-5-14)12-21-23-18(25)11-10-17(24)22-16-8-6-15(20)7-9-16/h2-9,12H,10-11H2,1H3,(H,22,24)(H,23,25)/b21-12-. The van der Waals surface area contributed by atoms with Gasteiger partial charge in [-0.25, -0.2) is 14.6 Å². The molecule has 140 valence electrons. The fourth-order valence-corrected chi connectivity index (χ4v) is 2.04. The molecule has 7 nitrogen and oxygen atoms in total. The lowest BCUT2D eigenvalue weighted by atomic mass is 10.1. The summed E-state index contributed by atoms with van der Waals surface area (Å²) in [7, 11) is 1.30. The van der Waals surface area contributed by atoms with E-state index in [-0.39, 0.29) is 18.7 Å². The van der Waals surface area contributed by atoms with Crippen molar-refractivity contribution in [2.24, 2.45) is 5.10 Å². The number of methoxy groups -OCH3 is 1. The summed E-state index contributed by atoms with van der Waals surface area (Å²) < 4.78 is 17.4. The molecule has 0 saturated carbocycles. The van der Waals surface area contributed by atoms with Crippen LogP contribution in [-0.2, 0) is 14.3 Å². The smallest absolute Gasteiger partial charge is 0.337 e. The third kappa shape index (κ3) is 6.69. The monoisotopic (exact) mass is 371 g/mol. The van der Waals surface area contributed by atoms with Crippen LogP contribution < -0.4 is 10.7 Å². The van der Waals surface area contributed by atoms with Gasteiger partial charge in [-0.15, -0.1) is 0 Å². The lowest BCUT2D eigenvalue weighted by molar-refractivity contribution is -0.124. The maximum Gasteiger partial charge on any atom is 0.337 e. The van der Waals surface area contributed by atoms with Crippen molar-refractivity contribution in [2.75, 3.05) is 12.4 Å². The van der Waals surface area contributed by atoms with Gasteiger partial charge in [0.25, 0.3) is 0 Å². The lowest BCUT2D eigenvalue weighted by Gasteiger charge is -2.04. The number of benzene rings is 2. The highest BCUT2D eigenvalue weighted by Crippen LogP contribution is 2.09. The van der Waals surface area contributed by atoms with Gasteiger partial charge in [0.05, 0.1) is 18.9 Å². The molecule has 0 saturated heterocycles. The SMILES string of the molecule is COC(=O)c1ccc(/C=N\NC(=O)CCC(=O)Nc2ccc(F)cc2)cc1. The summed E-state index contributed by atoms with van der Waals surface area (Å²) in [5.41, 5.74) is 3.86. The molecule has 0 aromatic heterocycles. The summed E-state index contributed by atoms with van der Waals surface area (Å²) in [6.45, 7) is 0. The van der Waals surface area contributed by atoms with Crippen molar-refractivity contribution in [3.8, 4) is 0 Å².